The highest BCUT2D eigenvalue weighted by Gasteiger charge is 2.06. The lowest BCUT2D eigenvalue weighted by atomic mass is 10.1. The minimum Gasteiger partial charge on any atom is -0.384 e. The van der Waals surface area contributed by atoms with Gasteiger partial charge in [0.15, 0.2) is 5.82 Å². The summed E-state index contributed by atoms with van der Waals surface area (Å²) in [5.41, 5.74) is 3.34. The standard InChI is InChI=1S/C19H16N5O/c1-2-14-5-3-6-17(11-14)23-19-22-13-21-18(24-19)15-8-9-20-16(12-15)7-4-10-25/h3,5-6,8-9,11-13,25H,1-2,10H2,(H,21,22,23,24). The zero-order valence-corrected chi connectivity index (χ0v) is 13.5. The van der Waals surface area contributed by atoms with Crippen LogP contribution in [0.1, 0.15) is 11.3 Å². The Hall–Kier alpha value is -3.30. The molecule has 25 heavy (non-hydrogen) atoms. The number of aliphatic hydroxyl groups excluding tert-OH is 1. The Morgan fingerprint density at radius 2 is 2.04 bits per heavy atom. The van der Waals surface area contributed by atoms with Gasteiger partial charge in [-0.15, -0.1) is 0 Å². The highest BCUT2D eigenvalue weighted by Crippen LogP contribution is 2.18. The molecule has 0 aliphatic carbocycles. The van der Waals surface area contributed by atoms with Crippen LogP contribution in [0.3, 0.4) is 0 Å². The van der Waals surface area contributed by atoms with E-state index in [1.807, 2.05) is 24.3 Å². The fraction of sp³-hybridized carbons (Fsp3) is 0.105. The summed E-state index contributed by atoms with van der Waals surface area (Å²) in [5, 5.41) is 12.0. The van der Waals surface area contributed by atoms with Crippen LogP contribution < -0.4 is 5.32 Å². The Morgan fingerprint density at radius 1 is 1.12 bits per heavy atom. The Labute approximate surface area is 146 Å². The third-order valence-electron chi connectivity index (χ3n) is 3.36. The van der Waals surface area contributed by atoms with Crippen LogP contribution in [0.25, 0.3) is 11.4 Å². The van der Waals surface area contributed by atoms with Crippen LogP contribution in [-0.4, -0.2) is 31.6 Å². The van der Waals surface area contributed by atoms with Gasteiger partial charge in [-0.3, -0.25) is 0 Å². The van der Waals surface area contributed by atoms with E-state index in [-0.39, 0.29) is 6.61 Å². The lowest BCUT2D eigenvalue weighted by Crippen LogP contribution is -2.00. The molecule has 3 rings (SSSR count). The average Bonchev–Trinajstić information content (AvgIpc) is 2.67. The van der Waals surface area contributed by atoms with Gasteiger partial charge in [0.1, 0.15) is 18.6 Å². The second-order valence-electron chi connectivity index (χ2n) is 5.10. The average molecular weight is 330 g/mol. The number of nitrogens with zero attached hydrogens (tertiary/aromatic N) is 4. The van der Waals surface area contributed by atoms with Crippen LogP contribution in [0.5, 0.6) is 0 Å². The van der Waals surface area contributed by atoms with Gasteiger partial charge in [-0.1, -0.05) is 18.1 Å². The van der Waals surface area contributed by atoms with Gasteiger partial charge < -0.3 is 10.4 Å². The van der Waals surface area contributed by atoms with E-state index in [0.717, 1.165) is 16.8 Å². The van der Waals surface area contributed by atoms with Crippen molar-refractivity contribution in [1.29, 1.82) is 0 Å². The maximum atomic E-state index is 8.78. The molecule has 0 spiro atoms. The van der Waals surface area contributed by atoms with E-state index in [4.69, 9.17) is 5.11 Å². The second kappa shape index (κ2) is 7.99. The summed E-state index contributed by atoms with van der Waals surface area (Å²) in [7, 11) is 0. The molecule has 0 fully saturated rings. The molecule has 0 unspecified atom stereocenters. The molecule has 2 N–H and O–H groups in total. The van der Waals surface area contributed by atoms with Crippen molar-refractivity contribution in [2.75, 3.05) is 11.9 Å². The number of anilines is 2. The van der Waals surface area contributed by atoms with Crippen LogP contribution in [-0.2, 0) is 6.42 Å². The largest absolute Gasteiger partial charge is 0.384 e. The molecule has 0 atom stereocenters. The Balaban J connectivity index is 1.86. The van der Waals surface area contributed by atoms with E-state index in [1.54, 1.807) is 18.3 Å². The molecule has 1 aromatic carbocycles. The number of pyridine rings is 1. The lowest BCUT2D eigenvalue weighted by Gasteiger charge is -2.07. The lowest BCUT2D eigenvalue weighted by molar-refractivity contribution is 0.350. The predicted octanol–water partition coefficient (Wildman–Crippen LogP) is 2.40. The molecule has 6 nitrogen and oxygen atoms in total. The smallest absolute Gasteiger partial charge is 0.230 e. The molecule has 3 aromatic rings. The minimum atomic E-state index is -0.210. The molecule has 2 aromatic heterocycles. The second-order valence-corrected chi connectivity index (χ2v) is 5.10. The van der Waals surface area contributed by atoms with Crippen LogP contribution in [0.2, 0.25) is 0 Å². The maximum Gasteiger partial charge on any atom is 0.230 e. The molecule has 2 heterocycles. The molecule has 6 heteroatoms. The Kier molecular flexibility index (Phi) is 5.29. The molecule has 0 aliphatic heterocycles. The molecule has 0 amide bonds. The third kappa shape index (κ3) is 4.37. The zero-order valence-electron chi connectivity index (χ0n) is 13.5. The molecule has 123 valence electrons. The monoisotopic (exact) mass is 330 g/mol. The number of aromatic nitrogens is 4. The van der Waals surface area contributed by atoms with Crippen LogP contribution >= 0.6 is 0 Å². The molecule has 0 bridgehead atoms. The number of hydrogen-bond acceptors (Lipinski definition) is 6. The van der Waals surface area contributed by atoms with Gasteiger partial charge in [-0.05, 0) is 49.1 Å². The summed E-state index contributed by atoms with van der Waals surface area (Å²) in [4.78, 5) is 16.9. The van der Waals surface area contributed by atoms with Crippen molar-refractivity contribution in [3.05, 3.63) is 67.1 Å². The minimum absolute atomic E-state index is 0.210. The summed E-state index contributed by atoms with van der Waals surface area (Å²) in [6.07, 6.45) is 3.80. The van der Waals surface area contributed by atoms with Crippen molar-refractivity contribution in [3.63, 3.8) is 0 Å². The predicted molar refractivity (Wildman–Crippen MR) is 95.8 cm³/mol. The van der Waals surface area contributed by atoms with Gasteiger partial charge in [0, 0.05) is 17.4 Å². The number of rotatable bonds is 4. The zero-order chi connectivity index (χ0) is 17.5. The SMILES string of the molecule is [CH2]Cc1cccc(Nc2ncnc(-c3ccnc(C#CCO)c3)n2)c1. The van der Waals surface area contributed by atoms with Crippen LogP contribution in [0, 0.1) is 18.8 Å². The van der Waals surface area contributed by atoms with E-state index >= 15 is 0 Å². The number of nitrogens with one attached hydrogen (secondary N) is 1. The summed E-state index contributed by atoms with van der Waals surface area (Å²) >= 11 is 0. The summed E-state index contributed by atoms with van der Waals surface area (Å²) in [5.74, 6) is 6.30. The number of aliphatic hydroxyl groups is 1. The first-order valence-corrected chi connectivity index (χ1v) is 7.69. The first-order chi connectivity index (χ1) is 12.3. The highest BCUT2D eigenvalue weighted by atomic mass is 16.2. The topological polar surface area (TPSA) is 83.8 Å². The Bertz CT molecular complexity index is 930. The molecule has 1 radical (unpaired) electrons. The van der Waals surface area contributed by atoms with Crippen molar-refractivity contribution < 1.29 is 5.11 Å². The van der Waals surface area contributed by atoms with Gasteiger partial charge in [0.2, 0.25) is 5.95 Å². The fourth-order valence-electron chi connectivity index (χ4n) is 2.20. The normalized spacial score (nSPS) is 10.0. The van der Waals surface area contributed by atoms with Crippen LogP contribution in [0.4, 0.5) is 11.6 Å². The van der Waals surface area contributed by atoms with Crippen molar-refractivity contribution in [2.45, 2.75) is 6.42 Å². The fourth-order valence-corrected chi connectivity index (χ4v) is 2.20. The van der Waals surface area contributed by atoms with Gasteiger partial charge >= 0.3 is 0 Å². The third-order valence-corrected chi connectivity index (χ3v) is 3.36. The van der Waals surface area contributed by atoms with E-state index in [9.17, 15) is 0 Å². The number of hydrogen-bond donors (Lipinski definition) is 2. The number of benzene rings is 1. The van der Waals surface area contributed by atoms with Crippen molar-refractivity contribution in [3.8, 4) is 23.2 Å². The van der Waals surface area contributed by atoms with E-state index in [1.165, 1.54) is 6.33 Å². The van der Waals surface area contributed by atoms with E-state index in [0.29, 0.717) is 23.9 Å². The summed E-state index contributed by atoms with van der Waals surface area (Å²) in [6, 6.07) is 11.5. The first-order valence-electron chi connectivity index (χ1n) is 7.69. The molecule has 0 aliphatic rings. The van der Waals surface area contributed by atoms with Crippen molar-refractivity contribution in [2.24, 2.45) is 0 Å². The summed E-state index contributed by atoms with van der Waals surface area (Å²) in [6.45, 7) is 3.68. The van der Waals surface area contributed by atoms with Gasteiger partial charge in [0.05, 0.1) is 0 Å². The van der Waals surface area contributed by atoms with Gasteiger partial charge in [0.25, 0.3) is 0 Å². The molecular formula is C19H16N5O. The Morgan fingerprint density at radius 3 is 2.88 bits per heavy atom. The van der Waals surface area contributed by atoms with Gasteiger partial charge in [-0.2, -0.15) is 4.98 Å². The highest BCUT2D eigenvalue weighted by molar-refractivity contribution is 5.60. The van der Waals surface area contributed by atoms with E-state index in [2.05, 4.69) is 44.0 Å². The summed E-state index contributed by atoms with van der Waals surface area (Å²) < 4.78 is 0. The van der Waals surface area contributed by atoms with E-state index < -0.39 is 0 Å². The van der Waals surface area contributed by atoms with Crippen molar-refractivity contribution >= 4 is 11.6 Å². The molecular weight excluding hydrogens is 314 g/mol. The van der Waals surface area contributed by atoms with Gasteiger partial charge in [-0.25, -0.2) is 15.0 Å². The first kappa shape index (κ1) is 16.6. The molecule has 0 saturated carbocycles. The van der Waals surface area contributed by atoms with Crippen molar-refractivity contribution in [1.82, 2.24) is 19.9 Å². The van der Waals surface area contributed by atoms with Crippen LogP contribution in [0.15, 0.2) is 48.9 Å². The molecule has 0 saturated heterocycles. The quantitative estimate of drug-likeness (QED) is 0.715. The maximum absolute atomic E-state index is 8.78.